The van der Waals surface area contributed by atoms with E-state index in [-0.39, 0.29) is 16.8 Å². The Bertz CT molecular complexity index is 969. The van der Waals surface area contributed by atoms with Crippen molar-refractivity contribution in [2.24, 2.45) is 0 Å². The van der Waals surface area contributed by atoms with Gasteiger partial charge in [0.1, 0.15) is 4.90 Å². The minimum absolute atomic E-state index is 0.169. The highest BCUT2D eigenvalue weighted by atomic mass is 32.2. The quantitative estimate of drug-likeness (QED) is 0.818. The largest absolute Gasteiger partial charge is 0.325 e. The Hall–Kier alpha value is -2.18. The van der Waals surface area contributed by atoms with E-state index >= 15 is 0 Å². The van der Waals surface area contributed by atoms with Crippen LogP contribution in [-0.4, -0.2) is 25.2 Å². The van der Waals surface area contributed by atoms with Gasteiger partial charge in [0, 0.05) is 13.5 Å². The number of carbonyl (C=O) groups excluding carboxylic acids is 1. The van der Waals surface area contributed by atoms with Crippen LogP contribution in [0.1, 0.15) is 55.3 Å². The van der Waals surface area contributed by atoms with Gasteiger partial charge in [-0.15, -0.1) is 0 Å². The minimum atomic E-state index is -3.78. The summed E-state index contributed by atoms with van der Waals surface area (Å²) < 4.78 is 29.1. The van der Waals surface area contributed by atoms with Crippen molar-refractivity contribution in [1.82, 2.24) is 4.31 Å². The van der Waals surface area contributed by atoms with Crippen LogP contribution in [0.5, 0.6) is 0 Å². The fourth-order valence-electron chi connectivity index (χ4n) is 3.84. The van der Waals surface area contributed by atoms with Crippen molar-refractivity contribution in [2.45, 2.75) is 57.4 Å². The molecule has 1 aliphatic rings. The highest BCUT2D eigenvalue weighted by molar-refractivity contribution is 7.89. The molecular weight excluding hydrogens is 372 g/mol. The first-order chi connectivity index (χ1) is 13.3. The van der Waals surface area contributed by atoms with E-state index in [0.29, 0.717) is 12.2 Å². The van der Waals surface area contributed by atoms with Crippen LogP contribution in [0.15, 0.2) is 47.4 Å². The fourth-order valence-corrected chi connectivity index (χ4v) is 5.76. The SMILES string of the molecule is CC(=O)Nc1ccc(C)cc1S(=O)(=O)N1CCCCC[C@@H]1c1cccc(C)c1. The third-order valence-corrected chi connectivity index (χ3v) is 7.11. The number of amides is 1. The molecular formula is C22H28N2O3S. The fraction of sp³-hybridized carbons (Fsp3) is 0.409. The molecule has 3 rings (SSSR count). The van der Waals surface area contributed by atoms with E-state index in [1.807, 2.05) is 38.1 Å². The van der Waals surface area contributed by atoms with Gasteiger partial charge in [0.05, 0.1) is 11.7 Å². The van der Waals surface area contributed by atoms with E-state index in [0.717, 1.165) is 42.4 Å². The molecule has 1 fully saturated rings. The third-order valence-electron chi connectivity index (χ3n) is 5.17. The summed E-state index contributed by atoms with van der Waals surface area (Å²) in [6.45, 7) is 5.75. The number of sulfonamides is 1. The molecule has 1 amide bonds. The molecule has 28 heavy (non-hydrogen) atoms. The number of aryl methyl sites for hydroxylation is 2. The maximum Gasteiger partial charge on any atom is 0.245 e. The average molecular weight is 401 g/mol. The van der Waals surface area contributed by atoms with E-state index in [9.17, 15) is 13.2 Å². The second kappa shape index (κ2) is 8.45. The Morgan fingerprint density at radius 3 is 2.50 bits per heavy atom. The van der Waals surface area contributed by atoms with Crippen LogP contribution in [0.4, 0.5) is 5.69 Å². The number of benzene rings is 2. The zero-order valence-corrected chi connectivity index (χ0v) is 17.6. The Kier molecular flexibility index (Phi) is 6.20. The van der Waals surface area contributed by atoms with Crippen LogP contribution >= 0.6 is 0 Å². The van der Waals surface area contributed by atoms with Gasteiger partial charge in [0.15, 0.2) is 0 Å². The van der Waals surface area contributed by atoms with E-state index in [4.69, 9.17) is 0 Å². The topological polar surface area (TPSA) is 66.5 Å². The number of hydrogen-bond acceptors (Lipinski definition) is 3. The molecule has 1 aliphatic heterocycles. The molecule has 0 spiro atoms. The first kappa shape index (κ1) is 20.6. The van der Waals surface area contributed by atoms with E-state index in [1.54, 1.807) is 16.4 Å². The number of rotatable bonds is 4. The molecule has 2 aromatic rings. The molecule has 6 heteroatoms. The van der Waals surface area contributed by atoms with Crippen molar-refractivity contribution in [1.29, 1.82) is 0 Å². The van der Waals surface area contributed by atoms with Gasteiger partial charge in [-0.25, -0.2) is 8.42 Å². The van der Waals surface area contributed by atoms with Crippen molar-refractivity contribution in [3.8, 4) is 0 Å². The van der Waals surface area contributed by atoms with Gasteiger partial charge >= 0.3 is 0 Å². The van der Waals surface area contributed by atoms with Crippen molar-refractivity contribution in [2.75, 3.05) is 11.9 Å². The highest BCUT2D eigenvalue weighted by Gasteiger charge is 2.35. The highest BCUT2D eigenvalue weighted by Crippen LogP contribution is 2.37. The second-order valence-electron chi connectivity index (χ2n) is 7.58. The van der Waals surface area contributed by atoms with Gasteiger partial charge in [0.25, 0.3) is 0 Å². The smallest absolute Gasteiger partial charge is 0.245 e. The standard InChI is InChI=1S/C22H28N2O3S/c1-16-8-7-9-19(14-16)21-10-5-4-6-13-24(21)28(26,27)22-15-17(2)11-12-20(22)23-18(3)25/h7-9,11-12,14-15,21H,4-6,10,13H2,1-3H3,(H,23,25)/t21-/m1/s1. The summed E-state index contributed by atoms with van der Waals surface area (Å²) in [7, 11) is -3.78. The minimum Gasteiger partial charge on any atom is -0.325 e. The lowest BCUT2D eigenvalue weighted by molar-refractivity contribution is -0.114. The molecule has 150 valence electrons. The zero-order valence-electron chi connectivity index (χ0n) is 16.7. The van der Waals surface area contributed by atoms with Gasteiger partial charge in [-0.2, -0.15) is 4.31 Å². The Morgan fingerprint density at radius 1 is 1.04 bits per heavy atom. The lowest BCUT2D eigenvalue weighted by atomic mass is 10.0. The predicted molar refractivity (Wildman–Crippen MR) is 112 cm³/mol. The predicted octanol–water partition coefficient (Wildman–Crippen LogP) is 4.57. The summed E-state index contributed by atoms with van der Waals surface area (Å²) in [5.41, 5.74) is 3.33. The maximum absolute atomic E-state index is 13.7. The normalized spacial score (nSPS) is 18.5. The zero-order chi connectivity index (χ0) is 20.3. The van der Waals surface area contributed by atoms with E-state index < -0.39 is 10.0 Å². The van der Waals surface area contributed by atoms with Crippen molar-refractivity contribution in [3.63, 3.8) is 0 Å². The number of nitrogens with one attached hydrogen (secondary N) is 1. The summed E-state index contributed by atoms with van der Waals surface area (Å²) in [5, 5.41) is 2.68. The third kappa shape index (κ3) is 4.45. The first-order valence-corrected chi connectivity index (χ1v) is 11.2. The summed E-state index contributed by atoms with van der Waals surface area (Å²) in [6, 6.07) is 13.0. The molecule has 0 unspecified atom stereocenters. The molecule has 0 radical (unpaired) electrons. The van der Waals surface area contributed by atoms with Gasteiger partial charge < -0.3 is 5.32 Å². The number of anilines is 1. The van der Waals surface area contributed by atoms with E-state index in [1.165, 1.54) is 6.92 Å². The second-order valence-corrected chi connectivity index (χ2v) is 9.43. The lowest BCUT2D eigenvalue weighted by Crippen LogP contribution is -2.35. The van der Waals surface area contributed by atoms with Gasteiger partial charge in [0.2, 0.25) is 15.9 Å². The Balaban J connectivity index is 2.10. The molecule has 1 atom stereocenters. The van der Waals surface area contributed by atoms with Crippen molar-refractivity contribution in [3.05, 3.63) is 59.2 Å². The van der Waals surface area contributed by atoms with Crippen LogP contribution in [-0.2, 0) is 14.8 Å². The van der Waals surface area contributed by atoms with Gasteiger partial charge in [-0.05, 0) is 49.9 Å². The number of hydrogen-bond donors (Lipinski definition) is 1. The van der Waals surface area contributed by atoms with Crippen molar-refractivity contribution < 1.29 is 13.2 Å². The van der Waals surface area contributed by atoms with Crippen LogP contribution in [0.2, 0.25) is 0 Å². The molecule has 0 saturated carbocycles. The van der Waals surface area contributed by atoms with Crippen LogP contribution < -0.4 is 5.32 Å². The van der Waals surface area contributed by atoms with Gasteiger partial charge in [-0.3, -0.25) is 4.79 Å². The number of carbonyl (C=O) groups is 1. The van der Waals surface area contributed by atoms with Gasteiger partial charge in [-0.1, -0.05) is 48.7 Å². The van der Waals surface area contributed by atoms with Crippen molar-refractivity contribution >= 4 is 21.6 Å². The molecule has 1 saturated heterocycles. The summed E-state index contributed by atoms with van der Waals surface area (Å²) >= 11 is 0. The first-order valence-electron chi connectivity index (χ1n) is 9.75. The van der Waals surface area contributed by atoms with Crippen LogP contribution in [0.3, 0.4) is 0 Å². The summed E-state index contributed by atoms with van der Waals surface area (Å²) in [5.74, 6) is -0.286. The van der Waals surface area contributed by atoms with Crippen LogP contribution in [0, 0.1) is 13.8 Å². The molecule has 0 bridgehead atoms. The molecule has 2 aromatic carbocycles. The molecule has 1 heterocycles. The monoisotopic (exact) mass is 400 g/mol. The summed E-state index contributed by atoms with van der Waals surface area (Å²) in [4.78, 5) is 11.8. The molecule has 5 nitrogen and oxygen atoms in total. The Labute approximate surface area is 167 Å². The lowest BCUT2D eigenvalue weighted by Gasteiger charge is -2.30. The number of nitrogens with zero attached hydrogens (tertiary/aromatic N) is 1. The van der Waals surface area contributed by atoms with E-state index in [2.05, 4.69) is 11.4 Å². The Morgan fingerprint density at radius 2 is 1.79 bits per heavy atom. The molecule has 0 aromatic heterocycles. The molecule has 1 N–H and O–H groups in total. The maximum atomic E-state index is 13.7. The average Bonchev–Trinajstić information content (AvgIpc) is 2.89. The van der Waals surface area contributed by atoms with Crippen LogP contribution in [0.25, 0.3) is 0 Å². The summed E-state index contributed by atoms with van der Waals surface area (Å²) in [6.07, 6.45) is 3.64. The molecule has 0 aliphatic carbocycles.